The number of ether oxygens (including phenoxy) is 3. The number of benzene rings is 1. The van der Waals surface area contributed by atoms with Crippen LogP contribution in [0.4, 0.5) is 4.39 Å². The molecule has 1 aromatic carbocycles. The van der Waals surface area contributed by atoms with Crippen molar-refractivity contribution >= 4 is 0 Å². The molecule has 0 aliphatic heterocycles. The molecule has 108 valence electrons. The highest BCUT2D eigenvalue weighted by Gasteiger charge is 2.27. The first kappa shape index (κ1) is 15.8. The number of hydrogen-bond acceptors (Lipinski definition) is 5. The molecule has 1 rings (SSSR count). The molecule has 0 amide bonds. The lowest BCUT2D eigenvalue weighted by Crippen LogP contribution is -2.40. The van der Waals surface area contributed by atoms with E-state index in [1.165, 1.54) is 7.11 Å². The van der Waals surface area contributed by atoms with E-state index in [1.54, 1.807) is 18.2 Å². The van der Waals surface area contributed by atoms with Gasteiger partial charge in [-0.2, -0.15) is 0 Å². The quantitative estimate of drug-likeness (QED) is 0.429. The highest BCUT2D eigenvalue weighted by atomic mass is 19.1. The average molecular weight is 272 g/mol. The predicted molar refractivity (Wildman–Crippen MR) is 70.1 cm³/mol. The molecule has 0 aliphatic rings. The Bertz CT molecular complexity index is 384. The topological polar surface area (TPSA) is 65.7 Å². The van der Waals surface area contributed by atoms with Gasteiger partial charge in [0.15, 0.2) is 17.9 Å². The SMILES string of the molecule is CCOC(OCC)C(NN)c1cccc(OC)c1F. The third kappa shape index (κ3) is 3.87. The third-order valence-corrected chi connectivity index (χ3v) is 2.66. The molecule has 5 nitrogen and oxygen atoms in total. The summed E-state index contributed by atoms with van der Waals surface area (Å²) < 4.78 is 30.1. The van der Waals surface area contributed by atoms with Gasteiger partial charge in [0, 0.05) is 18.8 Å². The minimum atomic E-state index is -0.665. The summed E-state index contributed by atoms with van der Waals surface area (Å²) in [7, 11) is 1.41. The van der Waals surface area contributed by atoms with E-state index in [1.807, 2.05) is 13.8 Å². The third-order valence-electron chi connectivity index (χ3n) is 2.66. The van der Waals surface area contributed by atoms with E-state index >= 15 is 0 Å². The van der Waals surface area contributed by atoms with Crippen LogP contribution in [0, 0.1) is 5.82 Å². The second-order valence-corrected chi connectivity index (χ2v) is 3.79. The van der Waals surface area contributed by atoms with Gasteiger partial charge in [0.25, 0.3) is 0 Å². The number of hydrazine groups is 1. The summed E-state index contributed by atoms with van der Waals surface area (Å²) in [5.41, 5.74) is 2.88. The van der Waals surface area contributed by atoms with E-state index < -0.39 is 18.1 Å². The molecule has 3 N–H and O–H groups in total. The fourth-order valence-corrected chi connectivity index (χ4v) is 1.81. The van der Waals surface area contributed by atoms with E-state index in [-0.39, 0.29) is 5.75 Å². The lowest BCUT2D eigenvalue weighted by atomic mass is 10.1. The molecular weight excluding hydrogens is 251 g/mol. The zero-order valence-electron chi connectivity index (χ0n) is 11.5. The molecule has 0 spiro atoms. The Morgan fingerprint density at radius 2 is 1.89 bits per heavy atom. The lowest BCUT2D eigenvalue weighted by Gasteiger charge is -2.27. The summed E-state index contributed by atoms with van der Waals surface area (Å²) in [6, 6.07) is 4.24. The van der Waals surface area contributed by atoms with Crippen LogP contribution in [0.15, 0.2) is 18.2 Å². The number of halogens is 1. The maximum atomic E-state index is 14.2. The Morgan fingerprint density at radius 1 is 1.26 bits per heavy atom. The van der Waals surface area contributed by atoms with Crippen LogP contribution in [0.2, 0.25) is 0 Å². The lowest BCUT2D eigenvalue weighted by molar-refractivity contribution is -0.155. The molecule has 1 aromatic rings. The first-order valence-corrected chi connectivity index (χ1v) is 6.21. The fraction of sp³-hybridized carbons (Fsp3) is 0.538. The van der Waals surface area contributed by atoms with Crippen LogP contribution < -0.4 is 16.0 Å². The Kier molecular flexibility index (Phi) is 6.72. The van der Waals surface area contributed by atoms with Crippen LogP contribution >= 0.6 is 0 Å². The van der Waals surface area contributed by atoms with E-state index in [2.05, 4.69) is 5.43 Å². The molecule has 6 heteroatoms. The highest BCUT2D eigenvalue weighted by Crippen LogP contribution is 2.28. The molecule has 1 unspecified atom stereocenters. The molecule has 0 saturated heterocycles. The van der Waals surface area contributed by atoms with Gasteiger partial charge in [-0.15, -0.1) is 0 Å². The van der Waals surface area contributed by atoms with Crippen molar-refractivity contribution in [3.8, 4) is 5.75 Å². The maximum Gasteiger partial charge on any atom is 0.178 e. The van der Waals surface area contributed by atoms with Gasteiger partial charge in [-0.25, -0.2) is 9.82 Å². The standard InChI is InChI=1S/C13H21FN2O3/c1-4-18-13(19-5-2)12(16-15)9-7-6-8-10(17-3)11(9)14/h6-8,12-13,16H,4-5,15H2,1-3H3. The smallest absolute Gasteiger partial charge is 0.178 e. The fourth-order valence-electron chi connectivity index (χ4n) is 1.81. The van der Waals surface area contributed by atoms with Gasteiger partial charge in [0.05, 0.1) is 13.2 Å². The summed E-state index contributed by atoms with van der Waals surface area (Å²) in [6.45, 7) is 4.55. The van der Waals surface area contributed by atoms with Crippen molar-refractivity contribution in [2.75, 3.05) is 20.3 Å². The summed E-state index contributed by atoms with van der Waals surface area (Å²) in [6.07, 6.45) is -0.665. The van der Waals surface area contributed by atoms with Crippen molar-refractivity contribution in [3.05, 3.63) is 29.6 Å². The van der Waals surface area contributed by atoms with Gasteiger partial charge in [0.2, 0.25) is 0 Å². The van der Waals surface area contributed by atoms with Gasteiger partial charge in [0.1, 0.15) is 0 Å². The number of rotatable bonds is 8. The Morgan fingerprint density at radius 3 is 2.37 bits per heavy atom. The van der Waals surface area contributed by atoms with Crippen LogP contribution in [0.1, 0.15) is 25.5 Å². The van der Waals surface area contributed by atoms with Gasteiger partial charge in [-0.1, -0.05) is 12.1 Å². The molecule has 0 radical (unpaired) electrons. The molecule has 1 atom stereocenters. The molecule has 0 aromatic heterocycles. The summed E-state index contributed by atoms with van der Waals surface area (Å²) in [4.78, 5) is 0. The molecule has 0 fully saturated rings. The van der Waals surface area contributed by atoms with E-state index in [4.69, 9.17) is 20.1 Å². The largest absolute Gasteiger partial charge is 0.494 e. The number of hydrogen-bond donors (Lipinski definition) is 2. The van der Waals surface area contributed by atoms with Crippen LogP contribution in [-0.2, 0) is 9.47 Å². The van der Waals surface area contributed by atoms with Crippen LogP contribution in [0.3, 0.4) is 0 Å². The van der Waals surface area contributed by atoms with Gasteiger partial charge < -0.3 is 14.2 Å². The van der Waals surface area contributed by atoms with E-state index in [0.29, 0.717) is 18.8 Å². The van der Waals surface area contributed by atoms with E-state index in [9.17, 15) is 4.39 Å². The number of nitrogens with two attached hydrogens (primary N) is 1. The number of methoxy groups -OCH3 is 1. The Hall–Kier alpha value is -1.21. The normalized spacial score (nSPS) is 12.7. The van der Waals surface area contributed by atoms with Crippen LogP contribution in [-0.4, -0.2) is 26.6 Å². The first-order valence-electron chi connectivity index (χ1n) is 6.21. The average Bonchev–Trinajstić information content (AvgIpc) is 2.42. The number of nitrogens with one attached hydrogen (secondary N) is 1. The van der Waals surface area contributed by atoms with Crippen molar-refractivity contribution in [1.29, 1.82) is 0 Å². The Balaban J connectivity index is 3.06. The highest BCUT2D eigenvalue weighted by molar-refractivity contribution is 5.33. The van der Waals surface area contributed by atoms with Gasteiger partial charge in [-0.3, -0.25) is 5.84 Å². The molecule has 0 aliphatic carbocycles. The summed E-state index contributed by atoms with van der Waals surface area (Å²) in [5.74, 6) is 5.19. The second kappa shape index (κ2) is 8.06. The van der Waals surface area contributed by atoms with Crippen molar-refractivity contribution in [2.45, 2.75) is 26.2 Å². The van der Waals surface area contributed by atoms with Crippen molar-refractivity contribution < 1.29 is 18.6 Å². The Labute approximate surface area is 112 Å². The van der Waals surface area contributed by atoms with Gasteiger partial charge >= 0.3 is 0 Å². The molecule has 19 heavy (non-hydrogen) atoms. The first-order chi connectivity index (χ1) is 9.19. The zero-order chi connectivity index (χ0) is 14.3. The molecule has 0 heterocycles. The minimum absolute atomic E-state index is 0.157. The van der Waals surface area contributed by atoms with Crippen LogP contribution in [0.25, 0.3) is 0 Å². The van der Waals surface area contributed by atoms with Crippen molar-refractivity contribution in [2.24, 2.45) is 5.84 Å². The predicted octanol–water partition coefficient (Wildman–Crippen LogP) is 1.74. The van der Waals surface area contributed by atoms with Crippen molar-refractivity contribution in [1.82, 2.24) is 5.43 Å². The van der Waals surface area contributed by atoms with Crippen LogP contribution in [0.5, 0.6) is 5.75 Å². The maximum absolute atomic E-state index is 14.2. The molecular formula is C13H21FN2O3. The van der Waals surface area contributed by atoms with Gasteiger partial charge in [-0.05, 0) is 19.9 Å². The molecule has 0 bridgehead atoms. The summed E-state index contributed by atoms with van der Waals surface area (Å²) >= 11 is 0. The minimum Gasteiger partial charge on any atom is -0.494 e. The zero-order valence-corrected chi connectivity index (χ0v) is 11.5. The monoisotopic (exact) mass is 272 g/mol. The van der Waals surface area contributed by atoms with Crippen molar-refractivity contribution in [3.63, 3.8) is 0 Å². The second-order valence-electron chi connectivity index (χ2n) is 3.79. The summed E-state index contributed by atoms with van der Waals surface area (Å²) in [5, 5.41) is 0. The molecule has 0 saturated carbocycles. The van der Waals surface area contributed by atoms with E-state index in [0.717, 1.165) is 0 Å².